The van der Waals surface area contributed by atoms with Crippen LogP contribution in [0.15, 0.2) is 85.1 Å². The molecular formula is C30H32N6S. The molecule has 0 amide bonds. The van der Waals surface area contributed by atoms with Crippen LogP contribution in [0.25, 0.3) is 21.8 Å². The van der Waals surface area contributed by atoms with Crippen LogP contribution in [-0.4, -0.2) is 15.0 Å². The zero-order chi connectivity index (χ0) is 26.8. The monoisotopic (exact) mass is 508 g/mol. The van der Waals surface area contributed by atoms with Crippen LogP contribution in [0, 0.1) is 19.8 Å². The minimum atomic E-state index is 0.566. The molecule has 6 nitrogen and oxygen atoms in total. The number of hydrogen-bond donors (Lipinski definition) is 3. The molecule has 0 spiro atoms. The largest absolute Gasteiger partial charge is 0.397 e. The van der Waals surface area contributed by atoms with E-state index in [1.165, 1.54) is 0 Å². The Kier molecular flexibility index (Phi) is 9.59. The summed E-state index contributed by atoms with van der Waals surface area (Å²) in [5.41, 5.74) is 15.3. The average molecular weight is 509 g/mol. The summed E-state index contributed by atoms with van der Waals surface area (Å²) in [6, 6.07) is 10.1. The molecule has 37 heavy (non-hydrogen) atoms. The number of anilines is 3. The van der Waals surface area contributed by atoms with Crippen LogP contribution in [0.4, 0.5) is 17.1 Å². The van der Waals surface area contributed by atoms with E-state index in [1.807, 2.05) is 30.5 Å². The van der Waals surface area contributed by atoms with Crippen LogP contribution in [0.3, 0.4) is 0 Å². The summed E-state index contributed by atoms with van der Waals surface area (Å²) in [5, 5.41) is 8.83. The molecule has 0 saturated heterocycles. The first-order valence-corrected chi connectivity index (χ1v) is 12.7. The highest BCUT2D eigenvalue weighted by molar-refractivity contribution is 7.13. The third kappa shape index (κ3) is 7.06. The number of rotatable bonds is 10. The molecule has 7 heteroatoms. The first-order chi connectivity index (χ1) is 17.9. The van der Waals surface area contributed by atoms with Gasteiger partial charge in [-0.1, -0.05) is 32.6 Å². The van der Waals surface area contributed by atoms with Gasteiger partial charge in [0, 0.05) is 41.5 Å². The number of pyridine rings is 3. The lowest BCUT2D eigenvalue weighted by molar-refractivity contribution is 0.913. The van der Waals surface area contributed by atoms with Crippen molar-refractivity contribution < 1.29 is 0 Å². The Morgan fingerprint density at radius 3 is 2.59 bits per heavy atom. The molecule has 188 valence electrons. The molecule has 0 aliphatic carbocycles. The maximum absolute atomic E-state index is 6.28. The number of nitrogens with one attached hydrogen (secondary N) is 2. The van der Waals surface area contributed by atoms with E-state index in [9.17, 15) is 0 Å². The summed E-state index contributed by atoms with van der Waals surface area (Å²) in [7, 11) is 0. The lowest BCUT2D eigenvalue weighted by atomic mass is 10.1. The summed E-state index contributed by atoms with van der Waals surface area (Å²) in [6.07, 6.45) is 17.6. The van der Waals surface area contributed by atoms with Crippen LogP contribution < -0.4 is 16.4 Å². The highest BCUT2D eigenvalue weighted by Gasteiger charge is 2.12. The Bertz CT molecular complexity index is 1390. The number of terminal acetylenes is 1. The van der Waals surface area contributed by atoms with E-state index in [0.29, 0.717) is 12.1 Å². The van der Waals surface area contributed by atoms with Gasteiger partial charge in [-0.05, 0) is 54.1 Å². The Morgan fingerprint density at radius 1 is 1.05 bits per heavy atom. The molecule has 0 saturated carbocycles. The number of nitrogens with two attached hydrogens (primary N) is 1. The van der Waals surface area contributed by atoms with Gasteiger partial charge in [0.1, 0.15) is 0 Å². The molecule has 0 aromatic carbocycles. The number of nitrogen functional groups attached to an aromatic ring is 1. The third-order valence-electron chi connectivity index (χ3n) is 5.61. The van der Waals surface area contributed by atoms with E-state index in [4.69, 9.17) is 5.73 Å². The van der Waals surface area contributed by atoms with Crippen LogP contribution >= 0.6 is 11.3 Å². The number of nitrogens with zero attached hydrogens (tertiary/aromatic N) is 3. The third-order valence-corrected chi connectivity index (χ3v) is 6.48. The molecule has 0 unspecified atom stereocenters. The van der Waals surface area contributed by atoms with E-state index in [-0.39, 0.29) is 0 Å². The molecule has 4 aromatic rings. The van der Waals surface area contributed by atoms with Crippen LogP contribution in [-0.2, 0) is 6.42 Å². The van der Waals surface area contributed by atoms with Gasteiger partial charge in [-0.25, -0.2) is 0 Å². The highest BCUT2D eigenvalue weighted by atomic mass is 32.1. The second kappa shape index (κ2) is 13.1. The van der Waals surface area contributed by atoms with Crippen molar-refractivity contribution in [2.75, 3.05) is 16.4 Å². The van der Waals surface area contributed by atoms with Gasteiger partial charge in [0.05, 0.1) is 40.0 Å². The maximum atomic E-state index is 6.28. The molecule has 0 aliphatic heterocycles. The second-order valence-corrected chi connectivity index (χ2v) is 9.37. The van der Waals surface area contributed by atoms with Crippen molar-refractivity contribution in [1.29, 1.82) is 0 Å². The van der Waals surface area contributed by atoms with E-state index in [1.54, 1.807) is 29.9 Å². The van der Waals surface area contributed by atoms with Crippen LogP contribution in [0.5, 0.6) is 0 Å². The molecule has 4 aromatic heterocycles. The van der Waals surface area contributed by atoms with Crippen LogP contribution in [0.1, 0.15) is 30.9 Å². The summed E-state index contributed by atoms with van der Waals surface area (Å²) in [6.45, 7) is 12.5. The fraction of sp³-hybridized carbons (Fsp3) is 0.167. The van der Waals surface area contributed by atoms with Crippen LogP contribution in [0.2, 0.25) is 0 Å². The van der Waals surface area contributed by atoms with Gasteiger partial charge in [-0.2, -0.15) is 0 Å². The number of thiophene rings is 1. The van der Waals surface area contributed by atoms with Crippen molar-refractivity contribution in [2.45, 2.75) is 33.1 Å². The smallest absolute Gasteiger partial charge is 0.0851 e. The highest BCUT2D eigenvalue weighted by Crippen LogP contribution is 2.31. The lowest BCUT2D eigenvalue weighted by Gasteiger charge is -2.15. The molecule has 4 rings (SSSR count). The Morgan fingerprint density at radius 2 is 1.86 bits per heavy atom. The predicted molar refractivity (Wildman–Crippen MR) is 158 cm³/mol. The lowest BCUT2D eigenvalue weighted by Crippen LogP contribution is -2.06. The molecule has 4 N–H and O–H groups in total. The Hall–Kier alpha value is -4.41. The van der Waals surface area contributed by atoms with Gasteiger partial charge in [0.15, 0.2) is 0 Å². The number of aromatic nitrogens is 3. The number of hydrogen-bond acceptors (Lipinski definition) is 7. The zero-order valence-electron chi connectivity index (χ0n) is 21.3. The molecular weight excluding hydrogens is 476 g/mol. The number of allylic oxidation sites excluding steroid dienone is 2. The van der Waals surface area contributed by atoms with Crippen molar-refractivity contribution in [3.05, 3.63) is 96.2 Å². The molecule has 0 aliphatic rings. The normalized spacial score (nSPS) is 10.2. The van der Waals surface area contributed by atoms with E-state index in [0.717, 1.165) is 68.6 Å². The van der Waals surface area contributed by atoms with Gasteiger partial charge in [-0.3, -0.25) is 15.0 Å². The van der Waals surface area contributed by atoms with Crippen molar-refractivity contribution in [3.8, 4) is 34.7 Å². The van der Waals surface area contributed by atoms with Crippen molar-refractivity contribution >= 4 is 28.4 Å². The standard InChI is InChI=1S/C28H30N6S.C2H2/c1-5-7-18(2)33-23-13-22(15-30-16-23)26-14-21(24(29)17-32-26)12-19(3)34-25-9-10-31-28(20(25)4)27-8-6-11-35-27;1-2/h6,8-11,13-17,33H,2-3,5,7,12,29H2,1,4H3,(H,31,34);1-2H. The summed E-state index contributed by atoms with van der Waals surface area (Å²) < 4.78 is 0. The van der Waals surface area contributed by atoms with Crippen molar-refractivity contribution in [1.82, 2.24) is 15.0 Å². The van der Waals surface area contributed by atoms with Gasteiger partial charge < -0.3 is 16.4 Å². The summed E-state index contributed by atoms with van der Waals surface area (Å²) >= 11 is 1.68. The predicted octanol–water partition coefficient (Wildman–Crippen LogP) is 7.30. The van der Waals surface area contributed by atoms with Gasteiger partial charge in [-0.15, -0.1) is 24.2 Å². The molecule has 4 heterocycles. The van der Waals surface area contributed by atoms with Gasteiger partial charge in [0.25, 0.3) is 0 Å². The quantitative estimate of drug-likeness (QED) is 0.195. The van der Waals surface area contributed by atoms with Gasteiger partial charge in [0.2, 0.25) is 0 Å². The molecule has 0 atom stereocenters. The summed E-state index contributed by atoms with van der Waals surface area (Å²) in [4.78, 5) is 14.6. The maximum Gasteiger partial charge on any atom is 0.0851 e. The Balaban J connectivity index is 0.00000186. The second-order valence-electron chi connectivity index (χ2n) is 8.42. The fourth-order valence-electron chi connectivity index (χ4n) is 3.83. The van der Waals surface area contributed by atoms with E-state index >= 15 is 0 Å². The topological polar surface area (TPSA) is 88.8 Å². The van der Waals surface area contributed by atoms with Crippen molar-refractivity contribution in [3.63, 3.8) is 0 Å². The minimum absolute atomic E-state index is 0.566. The summed E-state index contributed by atoms with van der Waals surface area (Å²) in [5.74, 6) is 0. The first-order valence-electron chi connectivity index (χ1n) is 11.9. The Labute approximate surface area is 223 Å². The minimum Gasteiger partial charge on any atom is -0.397 e. The molecule has 0 radical (unpaired) electrons. The fourth-order valence-corrected chi connectivity index (χ4v) is 4.61. The van der Waals surface area contributed by atoms with E-state index in [2.05, 4.69) is 76.9 Å². The SMILES string of the molecule is C#C.C=C(CCC)Nc1cncc(-c2cc(CC(=C)Nc3ccnc(-c4cccs4)c3C)c(N)cn2)c1. The van der Waals surface area contributed by atoms with Crippen molar-refractivity contribution in [2.24, 2.45) is 0 Å². The average Bonchev–Trinajstić information content (AvgIpc) is 3.43. The van der Waals surface area contributed by atoms with Gasteiger partial charge >= 0.3 is 0 Å². The molecule has 0 bridgehead atoms. The zero-order valence-corrected chi connectivity index (χ0v) is 22.1. The first kappa shape index (κ1) is 27.2. The van der Waals surface area contributed by atoms with E-state index < -0.39 is 0 Å². The molecule has 0 fully saturated rings.